The summed E-state index contributed by atoms with van der Waals surface area (Å²) in [5, 5.41) is 12.0. The molecule has 7 heteroatoms. The highest BCUT2D eigenvalue weighted by Gasteiger charge is 2.15. The number of thiazole rings is 1. The molecule has 1 aromatic heterocycles. The Morgan fingerprint density at radius 2 is 2.47 bits per heavy atom. The Kier molecular flexibility index (Phi) is 3.62. The smallest absolute Gasteiger partial charge is 0.265 e. The Morgan fingerprint density at radius 1 is 1.80 bits per heavy atom. The summed E-state index contributed by atoms with van der Waals surface area (Å²) in [6.45, 7) is 1.91. The fourth-order valence-electron chi connectivity index (χ4n) is 0.995. The fourth-order valence-corrected chi connectivity index (χ4v) is 1.77. The van der Waals surface area contributed by atoms with Gasteiger partial charge in [-0.1, -0.05) is 5.16 Å². The number of likely N-dealkylation sites (N-methyl/N-ethyl adjacent to an activating group) is 1. The van der Waals surface area contributed by atoms with E-state index in [1.165, 1.54) is 22.4 Å². The van der Waals surface area contributed by atoms with Crippen molar-refractivity contribution in [1.29, 1.82) is 0 Å². The first-order valence-corrected chi connectivity index (χ1v) is 5.00. The van der Waals surface area contributed by atoms with E-state index in [1.807, 2.05) is 6.92 Å². The van der Waals surface area contributed by atoms with E-state index in [-0.39, 0.29) is 18.3 Å². The summed E-state index contributed by atoms with van der Waals surface area (Å²) in [4.78, 5) is 17.6. The maximum Gasteiger partial charge on any atom is 0.265 e. The molecule has 1 aromatic rings. The molecule has 0 saturated carbocycles. The van der Waals surface area contributed by atoms with Crippen LogP contribution in [0.4, 0.5) is 0 Å². The number of hydrogen-bond donors (Lipinski definition) is 2. The number of nitrogens with two attached hydrogens (primary N) is 1. The highest BCUT2D eigenvalue weighted by molar-refractivity contribution is 7.13. The molecular weight excluding hydrogens is 216 g/mol. The van der Waals surface area contributed by atoms with Gasteiger partial charge in [-0.15, -0.1) is 11.3 Å². The molecular formula is C8H12N4O2S. The van der Waals surface area contributed by atoms with Gasteiger partial charge in [0.15, 0.2) is 5.84 Å². The van der Waals surface area contributed by atoms with Gasteiger partial charge in [0, 0.05) is 7.05 Å². The summed E-state index contributed by atoms with van der Waals surface area (Å²) in [6.07, 6.45) is 1.52. The molecule has 0 saturated heterocycles. The van der Waals surface area contributed by atoms with Gasteiger partial charge in [0.25, 0.3) is 5.91 Å². The lowest BCUT2D eigenvalue weighted by molar-refractivity contribution is 0.0818. The number of amidine groups is 1. The van der Waals surface area contributed by atoms with E-state index in [0.29, 0.717) is 4.88 Å². The zero-order valence-electron chi connectivity index (χ0n) is 8.47. The van der Waals surface area contributed by atoms with Crippen molar-refractivity contribution in [2.24, 2.45) is 10.9 Å². The van der Waals surface area contributed by atoms with Crippen LogP contribution in [0.2, 0.25) is 0 Å². The quantitative estimate of drug-likeness (QED) is 0.336. The van der Waals surface area contributed by atoms with E-state index in [2.05, 4.69) is 10.1 Å². The lowest BCUT2D eigenvalue weighted by Gasteiger charge is -2.14. The Balaban J connectivity index is 2.69. The highest BCUT2D eigenvalue weighted by Crippen LogP contribution is 2.13. The van der Waals surface area contributed by atoms with Crippen LogP contribution in [0.15, 0.2) is 11.4 Å². The zero-order valence-corrected chi connectivity index (χ0v) is 9.28. The molecule has 0 unspecified atom stereocenters. The van der Waals surface area contributed by atoms with Crippen LogP contribution in [-0.2, 0) is 0 Å². The van der Waals surface area contributed by atoms with E-state index in [4.69, 9.17) is 10.9 Å². The number of hydrogen-bond acceptors (Lipinski definition) is 5. The van der Waals surface area contributed by atoms with Crippen molar-refractivity contribution in [2.45, 2.75) is 6.92 Å². The number of amides is 1. The molecule has 82 valence electrons. The first kappa shape index (κ1) is 11.4. The number of oxime groups is 1. The monoisotopic (exact) mass is 228 g/mol. The molecule has 0 aromatic carbocycles. The van der Waals surface area contributed by atoms with Gasteiger partial charge >= 0.3 is 0 Å². The molecule has 0 fully saturated rings. The van der Waals surface area contributed by atoms with E-state index >= 15 is 0 Å². The lowest BCUT2D eigenvalue weighted by Crippen LogP contribution is -2.35. The molecule has 0 aliphatic heterocycles. The predicted molar refractivity (Wildman–Crippen MR) is 57.2 cm³/mol. The van der Waals surface area contributed by atoms with Crippen LogP contribution in [0.25, 0.3) is 0 Å². The first-order chi connectivity index (χ1) is 7.04. The summed E-state index contributed by atoms with van der Waals surface area (Å²) in [6, 6.07) is 0. The lowest BCUT2D eigenvalue weighted by atomic mass is 10.4. The first-order valence-electron chi connectivity index (χ1n) is 4.19. The summed E-state index contributed by atoms with van der Waals surface area (Å²) in [7, 11) is 1.58. The predicted octanol–water partition coefficient (Wildman–Crippen LogP) is 0.270. The Morgan fingerprint density at radius 3 is 2.93 bits per heavy atom. The van der Waals surface area contributed by atoms with Crippen LogP contribution in [0.3, 0.4) is 0 Å². The van der Waals surface area contributed by atoms with Crippen molar-refractivity contribution >= 4 is 23.1 Å². The van der Waals surface area contributed by atoms with Crippen LogP contribution >= 0.6 is 11.3 Å². The SMILES string of the molecule is Cc1ncc(C(=O)N(C)CC(N)=NO)s1. The standard InChI is InChI=1S/C8H12N4O2S/c1-5-10-3-6(15-5)8(13)12(2)4-7(9)11-14/h3,14H,4H2,1-2H3,(H2,9,11). The molecule has 0 bridgehead atoms. The van der Waals surface area contributed by atoms with E-state index in [0.717, 1.165) is 5.01 Å². The van der Waals surface area contributed by atoms with Crippen LogP contribution < -0.4 is 5.73 Å². The van der Waals surface area contributed by atoms with E-state index in [1.54, 1.807) is 7.05 Å². The van der Waals surface area contributed by atoms with Crippen molar-refractivity contribution in [1.82, 2.24) is 9.88 Å². The van der Waals surface area contributed by atoms with Gasteiger partial charge in [-0.05, 0) is 6.92 Å². The second-order valence-corrected chi connectivity index (χ2v) is 4.23. The van der Waals surface area contributed by atoms with Crippen molar-refractivity contribution in [3.8, 4) is 0 Å². The van der Waals surface area contributed by atoms with Crippen LogP contribution in [0.5, 0.6) is 0 Å². The van der Waals surface area contributed by atoms with Crippen molar-refractivity contribution in [2.75, 3.05) is 13.6 Å². The van der Waals surface area contributed by atoms with Crippen LogP contribution in [-0.4, -0.2) is 40.4 Å². The molecule has 1 heterocycles. The fraction of sp³-hybridized carbons (Fsp3) is 0.375. The minimum Gasteiger partial charge on any atom is -0.409 e. The Labute approximate surface area is 91.0 Å². The van der Waals surface area contributed by atoms with E-state index < -0.39 is 0 Å². The second kappa shape index (κ2) is 4.74. The van der Waals surface area contributed by atoms with Gasteiger partial charge in [-0.25, -0.2) is 4.98 Å². The number of rotatable bonds is 3. The van der Waals surface area contributed by atoms with Crippen molar-refractivity contribution < 1.29 is 10.0 Å². The molecule has 0 spiro atoms. The topological polar surface area (TPSA) is 91.8 Å². The van der Waals surface area contributed by atoms with Gasteiger partial charge in [-0.3, -0.25) is 4.79 Å². The van der Waals surface area contributed by atoms with Gasteiger partial charge in [0.05, 0.1) is 17.7 Å². The van der Waals surface area contributed by atoms with Crippen molar-refractivity contribution in [3.05, 3.63) is 16.1 Å². The molecule has 0 radical (unpaired) electrons. The Bertz CT molecular complexity index is 388. The molecule has 0 aliphatic carbocycles. The van der Waals surface area contributed by atoms with Crippen molar-refractivity contribution in [3.63, 3.8) is 0 Å². The maximum absolute atomic E-state index is 11.7. The third-order valence-corrected chi connectivity index (χ3v) is 2.61. The molecule has 3 N–H and O–H groups in total. The minimum atomic E-state index is -0.188. The summed E-state index contributed by atoms with van der Waals surface area (Å²) >= 11 is 1.31. The zero-order chi connectivity index (χ0) is 11.4. The number of nitrogens with zero attached hydrogens (tertiary/aromatic N) is 3. The maximum atomic E-state index is 11.7. The van der Waals surface area contributed by atoms with Gasteiger partial charge in [-0.2, -0.15) is 0 Å². The number of aromatic nitrogens is 1. The molecule has 1 amide bonds. The molecule has 0 aliphatic rings. The van der Waals surface area contributed by atoms with Gasteiger partial charge in [0.2, 0.25) is 0 Å². The highest BCUT2D eigenvalue weighted by atomic mass is 32.1. The number of carbonyl (C=O) groups is 1. The molecule has 0 atom stereocenters. The Hall–Kier alpha value is -1.63. The van der Waals surface area contributed by atoms with Crippen LogP contribution in [0.1, 0.15) is 14.7 Å². The largest absolute Gasteiger partial charge is 0.409 e. The molecule has 15 heavy (non-hydrogen) atoms. The third-order valence-electron chi connectivity index (χ3n) is 1.71. The third kappa shape index (κ3) is 2.91. The average molecular weight is 228 g/mol. The number of carbonyl (C=O) groups excluding carboxylic acids is 1. The van der Waals surface area contributed by atoms with Gasteiger partial charge < -0.3 is 15.8 Å². The van der Waals surface area contributed by atoms with Gasteiger partial charge in [0.1, 0.15) is 4.88 Å². The molecule has 6 nitrogen and oxygen atoms in total. The number of aryl methyl sites for hydroxylation is 1. The normalized spacial score (nSPS) is 11.5. The van der Waals surface area contributed by atoms with Crippen LogP contribution in [0, 0.1) is 6.92 Å². The summed E-state index contributed by atoms with van der Waals surface area (Å²) in [5.74, 6) is -0.195. The molecule has 1 rings (SSSR count). The summed E-state index contributed by atoms with van der Waals surface area (Å²) in [5.41, 5.74) is 5.29. The summed E-state index contributed by atoms with van der Waals surface area (Å²) < 4.78 is 0. The van der Waals surface area contributed by atoms with E-state index in [9.17, 15) is 4.79 Å². The average Bonchev–Trinajstić information content (AvgIpc) is 2.63. The minimum absolute atomic E-state index is 0.00733. The second-order valence-electron chi connectivity index (χ2n) is 3.00.